The molecule has 0 aliphatic heterocycles. The first-order chi connectivity index (χ1) is 10.4. The van der Waals surface area contributed by atoms with E-state index < -0.39 is 5.91 Å². The van der Waals surface area contributed by atoms with E-state index in [0.29, 0.717) is 16.5 Å². The first-order valence-electron chi connectivity index (χ1n) is 6.82. The van der Waals surface area contributed by atoms with Crippen molar-refractivity contribution in [2.45, 2.75) is 20.0 Å². The van der Waals surface area contributed by atoms with E-state index in [-0.39, 0.29) is 35.9 Å². The molecule has 0 saturated heterocycles. The normalized spacial score (nSPS) is 11.0. The van der Waals surface area contributed by atoms with Crippen LogP contribution in [0, 0.1) is 0 Å². The number of rotatable bonds is 5. The fraction of sp³-hybridized carbons (Fsp3) is 0.333. The molecule has 0 atom stereocenters. The molecule has 0 radical (unpaired) electrons. The second kappa shape index (κ2) is 6.81. The summed E-state index contributed by atoms with van der Waals surface area (Å²) in [5.41, 5.74) is -0.187. The van der Waals surface area contributed by atoms with E-state index in [9.17, 15) is 9.90 Å². The van der Waals surface area contributed by atoms with Crippen LogP contribution in [0.15, 0.2) is 18.2 Å². The molecule has 7 heteroatoms. The maximum Gasteiger partial charge on any atom is 0.273 e. The average Bonchev–Trinajstić information content (AvgIpc) is 2.47. The molecule has 0 aliphatic carbocycles. The van der Waals surface area contributed by atoms with Gasteiger partial charge < -0.3 is 20.3 Å². The highest BCUT2D eigenvalue weighted by Gasteiger charge is 2.18. The number of amides is 1. The molecule has 1 heterocycles. The highest BCUT2D eigenvalue weighted by Crippen LogP contribution is 2.34. The van der Waals surface area contributed by atoms with Crippen molar-refractivity contribution in [1.82, 2.24) is 10.3 Å². The first-order valence-corrected chi connectivity index (χ1v) is 7.19. The summed E-state index contributed by atoms with van der Waals surface area (Å²) in [6, 6.07) is 5.01. The van der Waals surface area contributed by atoms with Crippen molar-refractivity contribution < 1.29 is 19.7 Å². The number of hydrogen-bond donors (Lipinski definition) is 3. The van der Waals surface area contributed by atoms with Gasteiger partial charge in [0.1, 0.15) is 10.9 Å². The van der Waals surface area contributed by atoms with Crippen LogP contribution < -0.4 is 10.1 Å². The number of pyridine rings is 1. The van der Waals surface area contributed by atoms with Gasteiger partial charge in [0.15, 0.2) is 11.4 Å². The van der Waals surface area contributed by atoms with Crippen molar-refractivity contribution in [2.24, 2.45) is 0 Å². The van der Waals surface area contributed by atoms with E-state index >= 15 is 0 Å². The minimum atomic E-state index is -0.606. The molecule has 0 bridgehead atoms. The number of ether oxygens (including phenoxy) is 1. The number of carbonyl (C=O) groups excluding carboxylic acids is 1. The Morgan fingerprint density at radius 3 is 2.77 bits per heavy atom. The zero-order valence-electron chi connectivity index (χ0n) is 12.3. The Morgan fingerprint density at radius 1 is 1.41 bits per heavy atom. The molecule has 3 N–H and O–H groups in total. The number of halogens is 1. The third-order valence-electron chi connectivity index (χ3n) is 2.89. The SMILES string of the molecule is CC(C)Oc1ccc2c(Cl)nc(C(=O)NCCO)c(O)c2c1. The van der Waals surface area contributed by atoms with Crippen LogP contribution >= 0.6 is 11.6 Å². The molecule has 0 unspecified atom stereocenters. The van der Waals surface area contributed by atoms with Gasteiger partial charge in [-0.05, 0) is 32.0 Å². The van der Waals surface area contributed by atoms with Crippen molar-refractivity contribution in [3.63, 3.8) is 0 Å². The van der Waals surface area contributed by atoms with E-state index in [1.807, 2.05) is 13.8 Å². The maximum atomic E-state index is 11.9. The quantitative estimate of drug-likeness (QED) is 0.733. The number of nitrogens with one attached hydrogen (secondary N) is 1. The summed E-state index contributed by atoms with van der Waals surface area (Å²) >= 11 is 6.08. The van der Waals surface area contributed by atoms with Gasteiger partial charge in [-0.15, -0.1) is 0 Å². The smallest absolute Gasteiger partial charge is 0.273 e. The van der Waals surface area contributed by atoms with Gasteiger partial charge in [-0.1, -0.05) is 11.6 Å². The lowest BCUT2D eigenvalue weighted by Gasteiger charge is -2.13. The average molecular weight is 325 g/mol. The number of hydrogen-bond acceptors (Lipinski definition) is 5. The highest BCUT2D eigenvalue weighted by molar-refractivity contribution is 6.35. The van der Waals surface area contributed by atoms with Gasteiger partial charge in [0.05, 0.1) is 12.7 Å². The highest BCUT2D eigenvalue weighted by atomic mass is 35.5. The number of aliphatic hydroxyl groups is 1. The number of aromatic nitrogens is 1. The van der Waals surface area contributed by atoms with Crippen LogP contribution in [0.2, 0.25) is 5.15 Å². The van der Waals surface area contributed by atoms with E-state index in [1.54, 1.807) is 18.2 Å². The second-order valence-electron chi connectivity index (χ2n) is 4.95. The molecule has 1 aromatic heterocycles. The van der Waals surface area contributed by atoms with Gasteiger partial charge in [0.25, 0.3) is 5.91 Å². The zero-order valence-corrected chi connectivity index (χ0v) is 13.0. The van der Waals surface area contributed by atoms with E-state index in [0.717, 1.165) is 0 Å². The summed E-state index contributed by atoms with van der Waals surface area (Å²) in [6.07, 6.45) is -0.0239. The van der Waals surface area contributed by atoms with Crippen molar-refractivity contribution in [1.29, 1.82) is 0 Å². The molecule has 118 valence electrons. The fourth-order valence-electron chi connectivity index (χ4n) is 2.00. The molecule has 6 nitrogen and oxygen atoms in total. The molecule has 0 fully saturated rings. The summed E-state index contributed by atoms with van der Waals surface area (Å²) in [5.74, 6) is -0.323. The Bertz CT molecular complexity index is 703. The number of carbonyl (C=O) groups is 1. The monoisotopic (exact) mass is 324 g/mol. The van der Waals surface area contributed by atoms with Gasteiger partial charge in [-0.25, -0.2) is 4.98 Å². The van der Waals surface area contributed by atoms with Crippen molar-refractivity contribution >= 4 is 28.3 Å². The molecule has 1 amide bonds. The molecule has 0 aliphatic rings. The second-order valence-corrected chi connectivity index (χ2v) is 5.31. The third kappa shape index (κ3) is 3.40. The van der Waals surface area contributed by atoms with Crippen molar-refractivity contribution in [3.8, 4) is 11.5 Å². The van der Waals surface area contributed by atoms with Gasteiger partial charge in [0, 0.05) is 17.3 Å². The lowest BCUT2D eigenvalue weighted by atomic mass is 10.1. The van der Waals surface area contributed by atoms with Crippen LogP contribution in [0.4, 0.5) is 0 Å². The Balaban J connectivity index is 2.51. The molecule has 2 rings (SSSR count). The first kappa shape index (κ1) is 16.3. The van der Waals surface area contributed by atoms with Gasteiger partial charge in [-0.2, -0.15) is 0 Å². The summed E-state index contributed by atoms with van der Waals surface area (Å²) in [6.45, 7) is 3.63. The summed E-state index contributed by atoms with van der Waals surface area (Å²) in [7, 11) is 0. The zero-order chi connectivity index (χ0) is 16.3. The molecule has 0 saturated carbocycles. The molecule has 2 aromatic rings. The van der Waals surface area contributed by atoms with Crippen LogP contribution in [-0.4, -0.2) is 40.4 Å². The number of nitrogens with zero attached hydrogens (tertiary/aromatic N) is 1. The number of aliphatic hydroxyl groups excluding tert-OH is 1. The van der Waals surface area contributed by atoms with Crippen LogP contribution in [0.25, 0.3) is 10.8 Å². The largest absolute Gasteiger partial charge is 0.505 e. The van der Waals surface area contributed by atoms with Gasteiger partial charge in [0.2, 0.25) is 0 Å². The molecule has 22 heavy (non-hydrogen) atoms. The van der Waals surface area contributed by atoms with E-state index in [2.05, 4.69) is 10.3 Å². The Labute approximate surface area is 132 Å². The number of aromatic hydroxyl groups is 1. The fourth-order valence-corrected chi connectivity index (χ4v) is 2.24. The maximum absolute atomic E-state index is 11.9. The number of benzene rings is 1. The lowest BCUT2D eigenvalue weighted by molar-refractivity contribution is 0.0937. The number of fused-ring (bicyclic) bond motifs is 1. The van der Waals surface area contributed by atoms with Gasteiger partial charge >= 0.3 is 0 Å². The molecule has 1 aromatic carbocycles. The van der Waals surface area contributed by atoms with Crippen LogP contribution in [0.3, 0.4) is 0 Å². The predicted molar refractivity (Wildman–Crippen MR) is 83.6 cm³/mol. The standard InChI is InChI=1S/C15H17ClN2O4/c1-8(2)22-9-3-4-10-11(7-9)13(20)12(18-14(10)16)15(21)17-5-6-19/h3-4,7-8,19-20H,5-6H2,1-2H3,(H,17,21). The van der Waals surface area contributed by atoms with Crippen LogP contribution in [0.1, 0.15) is 24.3 Å². The minimum absolute atomic E-state index is 0.0239. The molecule has 0 spiro atoms. The Morgan fingerprint density at radius 2 is 2.14 bits per heavy atom. The molecular formula is C15H17ClN2O4. The summed E-state index contributed by atoms with van der Waals surface area (Å²) in [4.78, 5) is 15.9. The van der Waals surface area contributed by atoms with E-state index in [4.69, 9.17) is 21.4 Å². The topological polar surface area (TPSA) is 91.7 Å². The van der Waals surface area contributed by atoms with Crippen molar-refractivity contribution in [2.75, 3.05) is 13.2 Å². The van der Waals surface area contributed by atoms with E-state index in [1.165, 1.54) is 0 Å². The minimum Gasteiger partial charge on any atom is -0.505 e. The third-order valence-corrected chi connectivity index (χ3v) is 3.18. The molecular weight excluding hydrogens is 308 g/mol. The Kier molecular flexibility index (Phi) is 5.05. The summed E-state index contributed by atoms with van der Waals surface area (Å²) in [5, 5.41) is 22.5. The Hall–Kier alpha value is -2.05. The van der Waals surface area contributed by atoms with Crippen LogP contribution in [-0.2, 0) is 0 Å². The summed E-state index contributed by atoms with van der Waals surface area (Å²) < 4.78 is 5.57. The predicted octanol–water partition coefficient (Wildman–Crippen LogP) is 2.10. The van der Waals surface area contributed by atoms with Crippen molar-refractivity contribution in [3.05, 3.63) is 29.0 Å². The lowest BCUT2D eigenvalue weighted by Crippen LogP contribution is -2.27. The van der Waals surface area contributed by atoms with Crippen LogP contribution in [0.5, 0.6) is 11.5 Å². The van der Waals surface area contributed by atoms with Gasteiger partial charge in [-0.3, -0.25) is 4.79 Å².